The zero-order chi connectivity index (χ0) is 23.6. The topological polar surface area (TPSA) is 106 Å². The molecule has 8 nitrogen and oxygen atoms in total. The highest BCUT2D eigenvalue weighted by atomic mass is 16.5. The second-order valence-electron chi connectivity index (χ2n) is 7.26. The highest BCUT2D eigenvalue weighted by Crippen LogP contribution is 2.13. The molecule has 0 saturated carbocycles. The molecule has 0 aliphatic rings. The van der Waals surface area contributed by atoms with Crippen molar-refractivity contribution in [3.8, 4) is 11.8 Å². The number of nitriles is 1. The summed E-state index contributed by atoms with van der Waals surface area (Å²) in [6, 6.07) is 20.7. The Labute approximate surface area is 191 Å². The number of hydrazone groups is 1. The molecule has 168 valence electrons. The molecule has 33 heavy (non-hydrogen) atoms. The molecule has 0 radical (unpaired) electrons. The molecule has 0 unspecified atom stereocenters. The van der Waals surface area contributed by atoms with Crippen LogP contribution in [0.3, 0.4) is 0 Å². The molecule has 0 aliphatic heterocycles. The smallest absolute Gasteiger partial charge is 0.269 e. The monoisotopic (exact) mass is 444 g/mol. The van der Waals surface area contributed by atoms with Crippen molar-refractivity contribution < 1.29 is 14.3 Å². The van der Waals surface area contributed by atoms with Crippen molar-refractivity contribution >= 4 is 12.1 Å². The molecular formula is C25H24N4O4. The second kappa shape index (κ2) is 11.4. The molecule has 3 aromatic rings. The molecule has 1 heterocycles. The molecule has 0 saturated heterocycles. The Morgan fingerprint density at radius 1 is 1.15 bits per heavy atom. The van der Waals surface area contributed by atoms with Crippen molar-refractivity contribution in [3.63, 3.8) is 0 Å². The van der Waals surface area contributed by atoms with E-state index in [9.17, 15) is 14.9 Å². The Kier molecular flexibility index (Phi) is 8.11. The van der Waals surface area contributed by atoms with Crippen LogP contribution < -0.4 is 15.7 Å². The number of hydrogen-bond donors (Lipinski definition) is 1. The molecule has 3 rings (SSSR count). The molecule has 0 bridgehead atoms. The van der Waals surface area contributed by atoms with Crippen LogP contribution in [0, 0.1) is 18.3 Å². The van der Waals surface area contributed by atoms with Crippen molar-refractivity contribution in [2.24, 2.45) is 5.10 Å². The highest BCUT2D eigenvalue weighted by molar-refractivity contribution is 5.82. The Morgan fingerprint density at radius 3 is 2.55 bits per heavy atom. The molecular weight excluding hydrogens is 420 g/mol. The first-order valence-electron chi connectivity index (χ1n) is 10.2. The van der Waals surface area contributed by atoms with Crippen LogP contribution in [0.4, 0.5) is 0 Å². The Balaban J connectivity index is 1.57. The summed E-state index contributed by atoms with van der Waals surface area (Å²) in [7, 11) is 1.48. The molecule has 1 N–H and O–H groups in total. The lowest BCUT2D eigenvalue weighted by Gasteiger charge is -2.12. The lowest BCUT2D eigenvalue weighted by Crippen LogP contribution is -2.33. The van der Waals surface area contributed by atoms with Crippen LogP contribution in [0.2, 0.25) is 0 Å². The number of ether oxygens (including phenoxy) is 2. The summed E-state index contributed by atoms with van der Waals surface area (Å²) in [5, 5.41) is 13.2. The number of nitrogens with one attached hydrogen (secondary N) is 1. The third-order valence-electron chi connectivity index (χ3n) is 4.83. The number of hydrogen-bond acceptors (Lipinski definition) is 6. The number of carbonyl (C=O) groups is 1. The van der Waals surface area contributed by atoms with Gasteiger partial charge in [-0.15, -0.1) is 0 Å². The number of pyridine rings is 1. The first-order valence-corrected chi connectivity index (χ1v) is 10.2. The fourth-order valence-corrected chi connectivity index (χ4v) is 3.17. The van der Waals surface area contributed by atoms with Gasteiger partial charge in [-0.25, -0.2) is 5.43 Å². The minimum Gasteiger partial charge on any atom is -0.489 e. The average molecular weight is 444 g/mol. The van der Waals surface area contributed by atoms with Gasteiger partial charge in [0.25, 0.3) is 11.5 Å². The minimum atomic E-state index is -0.533. The van der Waals surface area contributed by atoms with E-state index < -0.39 is 11.5 Å². The normalized spacial score (nSPS) is 10.7. The first-order chi connectivity index (χ1) is 16.0. The molecule has 2 aromatic carbocycles. The summed E-state index contributed by atoms with van der Waals surface area (Å²) in [6.07, 6.45) is 1.50. The Morgan fingerprint density at radius 2 is 1.88 bits per heavy atom. The van der Waals surface area contributed by atoms with E-state index in [1.165, 1.54) is 17.9 Å². The van der Waals surface area contributed by atoms with Gasteiger partial charge in [0.05, 0.1) is 12.8 Å². The van der Waals surface area contributed by atoms with Gasteiger partial charge in [-0.1, -0.05) is 30.3 Å². The number of rotatable bonds is 9. The third-order valence-corrected chi connectivity index (χ3v) is 4.83. The summed E-state index contributed by atoms with van der Waals surface area (Å²) in [5.74, 6) is 0.239. The van der Waals surface area contributed by atoms with E-state index in [0.29, 0.717) is 17.9 Å². The van der Waals surface area contributed by atoms with Crippen LogP contribution in [-0.2, 0) is 29.3 Å². The van der Waals surface area contributed by atoms with Gasteiger partial charge >= 0.3 is 0 Å². The van der Waals surface area contributed by atoms with E-state index in [1.54, 1.807) is 13.0 Å². The zero-order valence-corrected chi connectivity index (χ0v) is 18.4. The molecule has 0 fully saturated rings. The van der Waals surface area contributed by atoms with Crippen molar-refractivity contribution in [2.75, 3.05) is 7.11 Å². The van der Waals surface area contributed by atoms with Crippen LogP contribution in [0.1, 0.15) is 27.9 Å². The summed E-state index contributed by atoms with van der Waals surface area (Å²) in [4.78, 5) is 24.9. The summed E-state index contributed by atoms with van der Waals surface area (Å²) < 4.78 is 12.0. The molecule has 0 aliphatic carbocycles. The lowest BCUT2D eigenvalue weighted by atomic mass is 10.1. The highest BCUT2D eigenvalue weighted by Gasteiger charge is 2.14. The van der Waals surface area contributed by atoms with Crippen molar-refractivity contribution in [1.29, 1.82) is 5.26 Å². The van der Waals surface area contributed by atoms with Crippen LogP contribution in [-0.4, -0.2) is 23.8 Å². The van der Waals surface area contributed by atoms with E-state index in [0.717, 1.165) is 16.9 Å². The number of aromatic nitrogens is 1. The molecule has 1 aromatic heterocycles. The molecule has 8 heteroatoms. The Bertz CT molecular complexity index is 1230. The van der Waals surface area contributed by atoms with Gasteiger partial charge < -0.3 is 14.0 Å². The van der Waals surface area contributed by atoms with Gasteiger partial charge in [-0.05, 0) is 48.4 Å². The predicted molar refractivity (Wildman–Crippen MR) is 124 cm³/mol. The number of aryl methyl sites for hydroxylation is 1. The fraction of sp³-hybridized carbons (Fsp3) is 0.200. The molecule has 0 spiro atoms. The number of benzene rings is 2. The van der Waals surface area contributed by atoms with Crippen LogP contribution in [0.5, 0.6) is 5.75 Å². The van der Waals surface area contributed by atoms with Gasteiger partial charge in [0, 0.05) is 18.4 Å². The second-order valence-corrected chi connectivity index (χ2v) is 7.26. The van der Waals surface area contributed by atoms with Crippen LogP contribution in [0.25, 0.3) is 0 Å². The number of carbonyl (C=O) groups excluding carboxylic acids is 1. The average Bonchev–Trinajstić information content (AvgIpc) is 2.82. The largest absolute Gasteiger partial charge is 0.489 e. The van der Waals surface area contributed by atoms with E-state index in [1.807, 2.05) is 60.7 Å². The predicted octanol–water partition coefficient (Wildman–Crippen LogP) is 2.90. The summed E-state index contributed by atoms with van der Waals surface area (Å²) in [5.41, 5.74) is 4.73. The van der Waals surface area contributed by atoms with Crippen molar-refractivity contribution in [2.45, 2.75) is 26.7 Å². The maximum atomic E-state index is 12.6. The van der Waals surface area contributed by atoms with Gasteiger partial charge in [-0.2, -0.15) is 10.4 Å². The van der Waals surface area contributed by atoms with E-state index in [4.69, 9.17) is 9.47 Å². The fourth-order valence-electron chi connectivity index (χ4n) is 3.17. The van der Waals surface area contributed by atoms with Gasteiger partial charge in [0.1, 0.15) is 30.5 Å². The van der Waals surface area contributed by atoms with E-state index in [-0.39, 0.29) is 18.7 Å². The summed E-state index contributed by atoms with van der Waals surface area (Å²) in [6.45, 7) is 2.06. The maximum absolute atomic E-state index is 12.6. The molecule has 1 amide bonds. The SMILES string of the molecule is COCc1cc(C)n(CC(=O)NN=Cc2ccc(OCc3ccccc3)cc2)c(=O)c1C#N. The molecule has 0 atom stereocenters. The zero-order valence-electron chi connectivity index (χ0n) is 18.4. The van der Waals surface area contributed by atoms with Crippen molar-refractivity contribution in [3.05, 3.63) is 99.0 Å². The van der Waals surface area contributed by atoms with Gasteiger partial charge in [-0.3, -0.25) is 9.59 Å². The minimum absolute atomic E-state index is 0.0340. The third kappa shape index (κ3) is 6.38. The van der Waals surface area contributed by atoms with Crippen LogP contribution >= 0.6 is 0 Å². The van der Waals surface area contributed by atoms with Crippen LogP contribution in [0.15, 0.2) is 70.6 Å². The first kappa shape index (κ1) is 23.4. The Hall–Kier alpha value is -4.22. The summed E-state index contributed by atoms with van der Waals surface area (Å²) >= 11 is 0. The number of methoxy groups -OCH3 is 1. The quantitative estimate of drug-likeness (QED) is 0.404. The lowest BCUT2D eigenvalue weighted by molar-refractivity contribution is -0.121. The number of nitrogens with zero attached hydrogens (tertiary/aromatic N) is 3. The van der Waals surface area contributed by atoms with Gasteiger partial charge in [0.15, 0.2) is 0 Å². The van der Waals surface area contributed by atoms with Crippen molar-refractivity contribution in [1.82, 2.24) is 9.99 Å². The number of amides is 1. The van der Waals surface area contributed by atoms with E-state index in [2.05, 4.69) is 10.5 Å². The maximum Gasteiger partial charge on any atom is 0.269 e. The standard InChI is InChI=1S/C25H24N4O4/c1-18-12-21(17-32-2)23(13-26)25(31)29(18)15-24(30)28-27-14-19-8-10-22(11-9-19)33-16-20-6-4-3-5-7-20/h3-12,14H,15-17H2,1-2H3,(H,28,30). The van der Waals surface area contributed by atoms with E-state index >= 15 is 0 Å². The van der Waals surface area contributed by atoms with Gasteiger partial charge in [0.2, 0.25) is 0 Å².